The van der Waals surface area contributed by atoms with Crippen molar-refractivity contribution >= 4 is 17.0 Å². The van der Waals surface area contributed by atoms with Gasteiger partial charge in [-0.1, -0.05) is 36.4 Å². The third-order valence-electron chi connectivity index (χ3n) is 5.03. The Labute approximate surface area is 163 Å². The molecule has 5 rings (SSSR count). The highest BCUT2D eigenvalue weighted by Crippen LogP contribution is 2.47. The maximum absolute atomic E-state index is 12.9. The molecule has 3 nitrogen and oxygen atoms in total. The van der Waals surface area contributed by atoms with Crippen LogP contribution in [-0.2, 0) is 6.18 Å². The van der Waals surface area contributed by atoms with Crippen LogP contribution < -0.4 is 4.74 Å². The summed E-state index contributed by atoms with van der Waals surface area (Å²) >= 11 is 1.63. The molecule has 2 aliphatic heterocycles. The van der Waals surface area contributed by atoms with Crippen molar-refractivity contribution in [2.24, 2.45) is 5.10 Å². The number of hydrogen-bond acceptors (Lipinski definition) is 4. The van der Waals surface area contributed by atoms with Gasteiger partial charge >= 0.3 is 6.18 Å². The van der Waals surface area contributed by atoms with E-state index in [1.807, 2.05) is 46.8 Å². The first-order valence-corrected chi connectivity index (χ1v) is 9.71. The average molecular weight is 400 g/mol. The van der Waals surface area contributed by atoms with E-state index < -0.39 is 18.0 Å². The fourth-order valence-corrected chi connectivity index (χ4v) is 4.40. The Hall–Kier alpha value is -2.80. The van der Waals surface area contributed by atoms with Gasteiger partial charge in [0.25, 0.3) is 0 Å². The molecule has 0 spiro atoms. The fourth-order valence-electron chi connectivity index (χ4n) is 3.68. The van der Waals surface area contributed by atoms with Crippen molar-refractivity contribution in [1.82, 2.24) is 5.01 Å². The molecule has 2 aliphatic rings. The maximum Gasteiger partial charge on any atom is 0.416 e. The van der Waals surface area contributed by atoms with Crippen molar-refractivity contribution in [3.63, 3.8) is 0 Å². The normalized spacial score (nSPS) is 21.0. The number of hydrogen-bond donors (Lipinski definition) is 0. The Kier molecular flexibility index (Phi) is 3.94. The number of halogens is 3. The molecule has 28 heavy (non-hydrogen) atoms. The number of ether oxygens (including phenoxy) is 1. The fraction of sp³-hybridized carbons (Fsp3) is 0.190. The highest BCUT2D eigenvalue weighted by Gasteiger charge is 2.41. The first-order valence-electron chi connectivity index (χ1n) is 8.83. The Bertz CT molecular complexity index is 1030. The van der Waals surface area contributed by atoms with Crippen LogP contribution in [0.3, 0.4) is 0 Å². The number of para-hydroxylation sites is 1. The van der Waals surface area contributed by atoms with E-state index in [9.17, 15) is 13.2 Å². The van der Waals surface area contributed by atoms with Gasteiger partial charge in [0, 0.05) is 17.5 Å². The third kappa shape index (κ3) is 2.86. The summed E-state index contributed by atoms with van der Waals surface area (Å²) in [5.74, 6) is 0.747. The standard InChI is InChI=1S/C21H15F3N2OS/c22-21(23,24)14-9-7-13(8-10-14)20-26-17(15-4-1-2-5-18(15)27-20)12-16(25-26)19-6-3-11-28-19/h1-11,17,20H,12H2. The van der Waals surface area contributed by atoms with Crippen molar-refractivity contribution in [2.75, 3.05) is 0 Å². The molecule has 0 aliphatic carbocycles. The molecular weight excluding hydrogens is 385 g/mol. The minimum absolute atomic E-state index is 0.00524. The van der Waals surface area contributed by atoms with Crippen molar-refractivity contribution < 1.29 is 17.9 Å². The van der Waals surface area contributed by atoms with Crippen LogP contribution in [0, 0.1) is 0 Å². The minimum Gasteiger partial charge on any atom is -0.464 e. The predicted molar refractivity (Wildman–Crippen MR) is 101 cm³/mol. The topological polar surface area (TPSA) is 24.8 Å². The molecule has 3 heterocycles. The van der Waals surface area contributed by atoms with Crippen LogP contribution >= 0.6 is 11.3 Å². The number of benzene rings is 2. The van der Waals surface area contributed by atoms with E-state index in [-0.39, 0.29) is 6.04 Å². The van der Waals surface area contributed by atoms with Crippen LogP contribution in [0.15, 0.2) is 71.1 Å². The van der Waals surface area contributed by atoms with Gasteiger partial charge in [-0.3, -0.25) is 0 Å². The molecule has 0 saturated carbocycles. The van der Waals surface area contributed by atoms with Gasteiger partial charge in [0.2, 0.25) is 6.23 Å². The Morgan fingerprint density at radius 3 is 2.50 bits per heavy atom. The van der Waals surface area contributed by atoms with E-state index in [1.54, 1.807) is 11.3 Å². The van der Waals surface area contributed by atoms with Gasteiger partial charge in [-0.2, -0.15) is 18.3 Å². The van der Waals surface area contributed by atoms with Crippen LogP contribution in [0.2, 0.25) is 0 Å². The molecule has 1 aromatic heterocycles. The quantitative estimate of drug-likeness (QED) is 0.526. The summed E-state index contributed by atoms with van der Waals surface area (Å²) in [5, 5.41) is 8.68. The second-order valence-electron chi connectivity index (χ2n) is 6.75. The van der Waals surface area contributed by atoms with Crippen molar-refractivity contribution in [3.05, 3.63) is 87.6 Å². The van der Waals surface area contributed by atoms with Crippen LogP contribution in [0.4, 0.5) is 13.2 Å². The lowest BCUT2D eigenvalue weighted by atomic mass is 9.97. The second kappa shape index (κ2) is 6.38. The summed E-state index contributed by atoms with van der Waals surface area (Å²) in [4.78, 5) is 1.10. The summed E-state index contributed by atoms with van der Waals surface area (Å²) in [6.07, 6.45) is -4.20. The minimum atomic E-state index is -4.36. The lowest BCUT2D eigenvalue weighted by Gasteiger charge is -2.38. The molecule has 0 radical (unpaired) electrons. The second-order valence-corrected chi connectivity index (χ2v) is 7.70. The predicted octanol–water partition coefficient (Wildman–Crippen LogP) is 6.01. The molecule has 2 atom stereocenters. The number of hydrazone groups is 1. The van der Waals surface area contributed by atoms with E-state index in [4.69, 9.17) is 9.84 Å². The van der Waals surface area contributed by atoms with E-state index in [0.29, 0.717) is 5.56 Å². The highest BCUT2D eigenvalue weighted by atomic mass is 32.1. The first kappa shape index (κ1) is 17.3. The Morgan fingerprint density at radius 1 is 1.00 bits per heavy atom. The van der Waals surface area contributed by atoms with E-state index in [1.165, 1.54) is 12.1 Å². The molecule has 0 bridgehead atoms. The first-order chi connectivity index (χ1) is 13.5. The van der Waals surface area contributed by atoms with Gasteiger partial charge in [0.05, 0.1) is 22.2 Å². The average Bonchev–Trinajstić information content (AvgIpc) is 3.36. The number of alkyl halides is 3. The summed E-state index contributed by atoms with van der Waals surface area (Å²) in [7, 11) is 0. The Balaban J connectivity index is 1.56. The van der Waals surface area contributed by atoms with Gasteiger partial charge < -0.3 is 4.74 Å². The zero-order chi connectivity index (χ0) is 19.3. The van der Waals surface area contributed by atoms with Gasteiger partial charge in [0.15, 0.2) is 0 Å². The molecule has 0 amide bonds. The molecular formula is C21H15F3N2OS. The molecule has 3 aromatic rings. The van der Waals surface area contributed by atoms with Crippen molar-refractivity contribution in [3.8, 4) is 5.75 Å². The number of nitrogens with zero attached hydrogens (tertiary/aromatic N) is 2. The summed E-state index contributed by atoms with van der Waals surface area (Å²) in [5.41, 5.74) is 1.98. The van der Waals surface area contributed by atoms with Crippen LogP contribution in [0.1, 0.15) is 40.3 Å². The molecule has 2 aromatic carbocycles. The molecule has 0 saturated heterocycles. The number of thiophene rings is 1. The SMILES string of the molecule is FC(F)(F)c1ccc(C2Oc3ccccc3C3CC(c4cccs4)=NN32)cc1. The van der Waals surface area contributed by atoms with E-state index >= 15 is 0 Å². The van der Waals surface area contributed by atoms with Crippen LogP contribution in [-0.4, -0.2) is 10.7 Å². The van der Waals surface area contributed by atoms with E-state index in [2.05, 4.69) is 0 Å². The van der Waals surface area contributed by atoms with Crippen molar-refractivity contribution in [2.45, 2.75) is 24.9 Å². The molecule has 0 fully saturated rings. The molecule has 2 unspecified atom stereocenters. The zero-order valence-electron chi connectivity index (χ0n) is 14.6. The lowest BCUT2D eigenvalue weighted by molar-refractivity contribution is -0.137. The smallest absolute Gasteiger partial charge is 0.416 e. The third-order valence-corrected chi connectivity index (χ3v) is 5.95. The van der Waals surface area contributed by atoms with Gasteiger partial charge in [-0.25, -0.2) is 5.01 Å². The highest BCUT2D eigenvalue weighted by molar-refractivity contribution is 7.12. The summed E-state index contributed by atoms with van der Waals surface area (Å²) in [6, 6.07) is 16.9. The van der Waals surface area contributed by atoms with Gasteiger partial charge in [0.1, 0.15) is 5.75 Å². The van der Waals surface area contributed by atoms with Crippen LogP contribution in [0.5, 0.6) is 5.75 Å². The maximum atomic E-state index is 12.9. The van der Waals surface area contributed by atoms with E-state index in [0.717, 1.165) is 40.5 Å². The number of rotatable bonds is 2. The largest absolute Gasteiger partial charge is 0.464 e. The number of fused-ring (bicyclic) bond motifs is 3. The van der Waals surface area contributed by atoms with Crippen LogP contribution in [0.25, 0.3) is 0 Å². The van der Waals surface area contributed by atoms with Crippen molar-refractivity contribution in [1.29, 1.82) is 0 Å². The zero-order valence-corrected chi connectivity index (χ0v) is 15.4. The van der Waals surface area contributed by atoms with Gasteiger partial charge in [-0.05, 0) is 29.6 Å². The van der Waals surface area contributed by atoms with Gasteiger partial charge in [-0.15, -0.1) is 11.3 Å². The monoisotopic (exact) mass is 400 g/mol. The molecule has 0 N–H and O–H groups in total. The Morgan fingerprint density at radius 2 is 1.79 bits per heavy atom. The molecule has 142 valence electrons. The molecule has 7 heteroatoms. The summed E-state index contributed by atoms with van der Waals surface area (Å²) in [6.45, 7) is 0. The summed E-state index contributed by atoms with van der Waals surface area (Å²) < 4.78 is 44.9. The lowest BCUT2D eigenvalue weighted by Crippen LogP contribution is -2.33.